The molecule has 1 amide bonds. The number of rotatable bonds is 0. The zero-order valence-electron chi connectivity index (χ0n) is 7.04. The van der Waals surface area contributed by atoms with Crippen LogP contribution in [0.15, 0.2) is 0 Å². The summed E-state index contributed by atoms with van der Waals surface area (Å²) in [5.41, 5.74) is 0. The van der Waals surface area contributed by atoms with Crippen LogP contribution in [0.1, 0.15) is 6.92 Å². The first-order valence-corrected chi connectivity index (χ1v) is 3.82. The van der Waals surface area contributed by atoms with Gasteiger partial charge in [0, 0.05) is 6.92 Å². The molecule has 1 aliphatic rings. The summed E-state index contributed by atoms with van der Waals surface area (Å²) in [5.74, 6) is 0.0738. The van der Waals surface area contributed by atoms with Crippen molar-refractivity contribution < 1.29 is 9.44 Å². The van der Waals surface area contributed by atoms with Crippen molar-refractivity contribution in [2.45, 2.75) is 6.92 Å². The van der Waals surface area contributed by atoms with E-state index in [1.807, 2.05) is 0 Å². The molecular formula is C7H14N2O2. The van der Waals surface area contributed by atoms with Gasteiger partial charge in [-0.05, 0) is 0 Å². The molecule has 0 bridgehead atoms. The molecule has 1 aliphatic heterocycles. The fraction of sp³-hybridized carbons (Fsp3) is 0.857. The van der Waals surface area contributed by atoms with E-state index in [1.165, 1.54) is 0 Å². The summed E-state index contributed by atoms with van der Waals surface area (Å²) in [6.07, 6.45) is 0. The molecular weight excluding hydrogens is 144 g/mol. The number of nitrogens with zero attached hydrogens (tertiary/aromatic N) is 2. The number of likely N-dealkylation sites (N-methyl/N-ethyl adjacent to an activating group) is 1. The molecule has 0 aromatic carbocycles. The summed E-state index contributed by atoms with van der Waals surface area (Å²) >= 11 is 0. The van der Waals surface area contributed by atoms with Crippen LogP contribution in [0, 0.1) is 5.21 Å². The Labute approximate surface area is 66.6 Å². The molecule has 0 aromatic heterocycles. The molecule has 1 fully saturated rings. The van der Waals surface area contributed by atoms with Gasteiger partial charge in [-0.15, -0.1) is 0 Å². The van der Waals surface area contributed by atoms with Crippen molar-refractivity contribution in [2.75, 3.05) is 33.2 Å². The second-order valence-corrected chi connectivity index (χ2v) is 3.25. The molecule has 0 radical (unpaired) electrons. The third kappa shape index (κ3) is 2.17. The lowest BCUT2D eigenvalue weighted by Gasteiger charge is -2.44. The summed E-state index contributed by atoms with van der Waals surface area (Å²) in [7, 11) is 1.65. The second-order valence-electron chi connectivity index (χ2n) is 3.25. The summed E-state index contributed by atoms with van der Waals surface area (Å²) in [6.45, 7) is 3.81. The van der Waals surface area contributed by atoms with Crippen molar-refractivity contribution in [2.24, 2.45) is 0 Å². The molecule has 0 atom stereocenters. The van der Waals surface area contributed by atoms with Gasteiger partial charge in [0.1, 0.15) is 0 Å². The smallest absolute Gasteiger partial charge is 0.219 e. The molecule has 4 nitrogen and oxygen atoms in total. The highest BCUT2D eigenvalue weighted by molar-refractivity contribution is 5.73. The van der Waals surface area contributed by atoms with E-state index in [-0.39, 0.29) is 10.6 Å². The number of carbonyl (C=O) groups excluding carboxylic acids is 1. The van der Waals surface area contributed by atoms with Gasteiger partial charge in [-0.3, -0.25) is 4.79 Å². The van der Waals surface area contributed by atoms with Crippen LogP contribution in [0.3, 0.4) is 0 Å². The normalized spacial score (nSPS) is 23.4. The lowest BCUT2D eigenvalue weighted by Crippen LogP contribution is -2.54. The Morgan fingerprint density at radius 2 is 1.91 bits per heavy atom. The Morgan fingerprint density at radius 3 is 2.27 bits per heavy atom. The lowest BCUT2D eigenvalue weighted by molar-refractivity contribution is -0.864. The number of hydrogen-bond donors (Lipinski definition) is 0. The fourth-order valence-corrected chi connectivity index (χ4v) is 1.20. The molecule has 1 rings (SSSR count). The molecule has 0 saturated carbocycles. The quantitative estimate of drug-likeness (QED) is 0.362. The highest BCUT2D eigenvalue weighted by Crippen LogP contribution is 2.06. The number of hydrogen-bond acceptors (Lipinski definition) is 2. The maximum absolute atomic E-state index is 11.3. The molecule has 0 aromatic rings. The van der Waals surface area contributed by atoms with Gasteiger partial charge < -0.3 is 14.8 Å². The predicted octanol–water partition coefficient (Wildman–Crippen LogP) is -0.207. The van der Waals surface area contributed by atoms with E-state index in [9.17, 15) is 10.0 Å². The highest BCUT2D eigenvalue weighted by atomic mass is 16.5. The van der Waals surface area contributed by atoms with Gasteiger partial charge in [0.05, 0.1) is 33.2 Å². The number of amides is 1. The van der Waals surface area contributed by atoms with Crippen molar-refractivity contribution >= 4 is 5.91 Å². The summed E-state index contributed by atoms with van der Waals surface area (Å²) < 4.78 is -0.205. The van der Waals surface area contributed by atoms with Crippen LogP contribution in [0.4, 0.5) is 0 Å². The summed E-state index contributed by atoms with van der Waals surface area (Å²) in [4.78, 5) is 12.5. The van der Waals surface area contributed by atoms with Gasteiger partial charge >= 0.3 is 0 Å². The SMILES string of the molecule is CC(=O)N1CC[N+](C)([O-])CC1. The first-order chi connectivity index (χ1) is 5.01. The van der Waals surface area contributed by atoms with Gasteiger partial charge in [-0.25, -0.2) is 0 Å². The Bertz CT molecular complexity index is 158. The highest BCUT2D eigenvalue weighted by Gasteiger charge is 2.22. The maximum Gasteiger partial charge on any atom is 0.219 e. The number of quaternary nitrogens is 1. The van der Waals surface area contributed by atoms with E-state index in [4.69, 9.17) is 0 Å². The zero-order chi connectivity index (χ0) is 8.48. The first kappa shape index (κ1) is 8.49. The van der Waals surface area contributed by atoms with Crippen LogP contribution < -0.4 is 0 Å². The van der Waals surface area contributed by atoms with Crippen LogP contribution in [0.5, 0.6) is 0 Å². The predicted molar refractivity (Wildman–Crippen MR) is 41.5 cm³/mol. The van der Waals surface area contributed by atoms with E-state index >= 15 is 0 Å². The van der Waals surface area contributed by atoms with Gasteiger partial charge in [-0.2, -0.15) is 0 Å². The standard InChI is InChI=1S/C7H14N2O2/c1-7(10)8-3-5-9(2,11)6-4-8/h3-6H2,1-2H3. The Balaban J connectivity index is 2.42. The number of hydroxylamine groups is 3. The summed E-state index contributed by atoms with van der Waals surface area (Å²) in [6, 6.07) is 0. The number of piperazine rings is 1. The third-order valence-corrected chi connectivity index (χ3v) is 2.13. The lowest BCUT2D eigenvalue weighted by atomic mass is 10.3. The molecule has 4 heteroatoms. The number of carbonyl (C=O) groups is 1. The minimum Gasteiger partial charge on any atom is -0.633 e. The molecule has 0 aliphatic carbocycles. The van der Waals surface area contributed by atoms with Crippen LogP contribution in [-0.4, -0.2) is 48.7 Å². The van der Waals surface area contributed by atoms with Gasteiger partial charge in [-0.1, -0.05) is 0 Å². The van der Waals surface area contributed by atoms with Crippen molar-refractivity contribution in [3.05, 3.63) is 5.21 Å². The zero-order valence-corrected chi connectivity index (χ0v) is 7.04. The maximum atomic E-state index is 11.3. The Kier molecular flexibility index (Phi) is 2.15. The van der Waals surface area contributed by atoms with Crippen molar-refractivity contribution in [1.82, 2.24) is 4.90 Å². The fourth-order valence-electron chi connectivity index (χ4n) is 1.20. The van der Waals surface area contributed by atoms with Crippen molar-refractivity contribution in [3.63, 3.8) is 0 Å². The third-order valence-electron chi connectivity index (χ3n) is 2.13. The van der Waals surface area contributed by atoms with Crippen LogP contribution in [0.25, 0.3) is 0 Å². The monoisotopic (exact) mass is 158 g/mol. The molecule has 0 N–H and O–H groups in total. The van der Waals surface area contributed by atoms with Crippen LogP contribution >= 0.6 is 0 Å². The molecule has 64 valence electrons. The topological polar surface area (TPSA) is 43.4 Å². The van der Waals surface area contributed by atoms with Gasteiger partial charge in [0.2, 0.25) is 5.91 Å². The van der Waals surface area contributed by atoms with E-state index in [0.29, 0.717) is 26.2 Å². The molecule has 0 unspecified atom stereocenters. The molecule has 11 heavy (non-hydrogen) atoms. The minimum absolute atomic E-state index is 0.0738. The van der Waals surface area contributed by atoms with Crippen LogP contribution in [-0.2, 0) is 4.79 Å². The largest absolute Gasteiger partial charge is 0.633 e. The minimum atomic E-state index is -0.205. The van der Waals surface area contributed by atoms with Crippen LogP contribution in [0.2, 0.25) is 0 Å². The van der Waals surface area contributed by atoms with E-state index in [0.717, 1.165) is 0 Å². The van der Waals surface area contributed by atoms with Crippen molar-refractivity contribution in [3.8, 4) is 0 Å². The average molecular weight is 158 g/mol. The second kappa shape index (κ2) is 2.79. The Morgan fingerprint density at radius 1 is 1.45 bits per heavy atom. The average Bonchev–Trinajstić information content (AvgIpc) is 1.86. The molecule has 1 heterocycles. The van der Waals surface area contributed by atoms with Gasteiger partial charge in [0.25, 0.3) is 0 Å². The van der Waals surface area contributed by atoms with E-state index < -0.39 is 0 Å². The van der Waals surface area contributed by atoms with E-state index in [1.54, 1.807) is 18.9 Å². The van der Waals surface area contributed by atoms with Crippen molar-refractivity contribution in [1.29, 1.82) is 0 Å². The van der Waals surface area contributed by atoms with E-state index in [2.05, 4.69) is 0 Å². The first-order valence-electron chi connectivity index (χ1n) is 3.82. The van der Waals surface area contributed by atoms with Gasteiger partial charge in [0.15, 0.2) is 0 Å². The summed E-state index contributed by atoms with van der Waals surface area (Å²) in [5, 5.41) is 11.3. The molecule has 1 saturated heterocycles. The molecule has 0 spiro atoms. The Hall–Kier alpha value is -0.610.